The number of carbonyl (C=O) groups is 2. The Kier molecular flexibility index (Phi) is 59.1. The lowest BCUT2D eigenvalue weighted by molar-refractivity contribution is -0.870. The molecule has 1 amide bonds. The van der Waals surface area contributed by atoms with E-state index in [1.54, 1.807) is 0 Å². The van der Waals surface area contributed by atoms with Gasteiger partial charge in [0.15, 0.2) is 0 Å². The van der Waals surface area contributed by atoms with Crippen molar-refractivity contribution in [3.05, 3.63) is 60.8 Å². The normalized spacial score (nSPS) is 13.9. The monoisotopic (exact) mass is 1160 g/mol. The van der Waals surface area contributed by atoms with Crippen LogP contribution >= 0.6 is 7.82 Å². The fourth-order valence-corrected chi connectivity index (χ4v) is 10.8. The molecule has 0 rings (SSSR count). The van der Waals surface area contributed by atoms with E-state index >= 15 is 0 Å². The molecule has 0 radical (unpaired) electrons. The third-order valence-electron chi connectivity index (χ3n) is 15.5. The summed E-state index contributed by atoms with van der Waals surface area (Å²) in [6.45, 7) is 6.82. The number of quaternary nitrogens is 1. The van der Waals surface area contributed by atoms with Crippen LogP contribution in [0, 0.1) is 0 Å². The number of nitrogens with zero attached hydrogens (tertiary/aromatic N) is 1. The molecular formula is C71H133N2O7P. The minimum Gasteiger partial charge on any atom is -0.756 e. The molecule has 474 valence electrons. The van der Waals surface area contributed by atoms with E-state index in [1.807, 2.05) is 33.3 Å². The maximum Gasteiger partial charge on any atom is 0.306 e. The van der Waals surface area contributed by atoms with Gasteiger partial charge in [-0.15, -0.1) is 0 Å². The average Bonchev–Trinajstić information content (AvgIpc) is 3.43. The first-order valence-corrected chi connectivity index (χ1v) is 36.1. The first-order chi connectivity index (χ1) is 39.4. The van der Waals surface area contributed by atoms with Crippen LogP contribution in [0.25, 0.3) is 0 Å². The zero-order chi connectivity index (χ0) is 59.3. The van der Waals surface area contributed by atoms with Crippen LogP contribution < -0.4 is 10.2 Å². The zero-order valence-electron chi connectivity index (χ0n) is 54.2. The Labute approximate surface area is 502 Å². The van der Waals surface area contributed by atoms with Crippen LogP contribution in [0.4, 0.5) is 0 Å². The van der Waals surface area contributed by atoms with Crippen molar-refractivity contribution in [1.82, 2.24) is 5.32 Å². The van der Waals surface area contributed by atoms with Crippen molar-refractivity contribution in [2.75, 3.05) is 40.9 Å². The van der Waals surface area contributed by atoms with Crippen LogP contribution in [0.5, 0.6) is 0 Å². The van der Waals surface area contributed by atoms with Crippen LogP contribution in [0.3, 0.4) is 0 Å². The van der Waals surface area contributed by atoms with Gasteiger partial charge >= 0.3 is 5.97 Å². The summed E-state index contributed by atoms with van der Waals surface area (Å²) in [5, 5.41) is 3.02. The molecule has 0 aliphatic carbocycles. The molecule has 0 aliphatic heterocycles. The van der Waals surface area contributed by atoms with E-state index in [9.17, 15) is 19.0 Å². The second kappa shape index (κ2) is 60.8. The molecule has 0 saturated carbocycles. The fraction of sp³-hybridized carbons (Fsp3) is 0.831. The number of likely N-dealkylation sites (N-methyl/N-ethyl adjacent to an activating group) is 1. The third kappa shape index (κ3) is 62.1. The molecule has 0 bridgehead atoms. The lowest BCUT2D eigenvalue weighted by Crippen LogP contribution is -2.47. The van der Waals surface area contributed by atoms with Gasteiger partial charge in [0.05, 0.1) is 33.8 Å². The first kappa shape index (κ1) is 78.7. The quantitative estimate of drug-likeness (QED) is 0.0212. The number of amides is 1. The van der Waals surface area contributed by atoms with Gasteiger partial charge in [-0.25, -0.2) is 0 Å². The van der Waals surface area contributed by atoms with Gasteiger partial charge in [0.25, 0.3) is 7.82 Å². The second-order valence-corrected chi connectivity index (χ2v) is 26.1. The zero-order valence-corrected chi connectivity index (χ0v) is 55.1. The Balaban J connectivity index is 5.07. The number of hydrogen-bond donors (Lipinski definition) is 1. The average molecular weight is 1160 g/mol. The van der Waals surface area contributed by atoms with E-state index < -0.39 is 26.6 Å². The summed E-state index contributed by atoms with van der Waals surface area (Å²) in [4.78, 5) is 40.1. The van der Waals surface area contributed by atoms with Crippen molar-refractivity contribution in [2.24, 2.45) is 0 Å². The predicted octanol–water partition coefficient (Wildman–Crippen LogP) is 21.2. The molecule has 0 aromatic carbocycles. The number of phosphoric acid groups is 1. The molecule has 0 spiro atoms. The molecule has 3 unspecified atom stereocenters. The molecular weight excluding hydrogens is 1020 g/mol. The SMILES string of the molecule is CCCCC/C=C\C/C=C\C/C=C\C/C=C\CCCCCC(=O)NC(COP(=O)([O-])OCC[N+](C)(C)C)C(/C=C\CCCCCCCCCCC)OC(=O)CCCCCCCCCCCCCCCCCCCCCCCCCCC. The van der Waals surface area contributed by atoms with Crippen molar-refractivity contribution < 1.29 is 37.3 Å². The van der Waals surface area contributed by atoms with Crippen molar-refractivity contribution >= 4 is 19.7 Å². The van der Waals surface area contributed by atoms with Gasteiger partial charge in [0.1, 0.15) is 19.3 Å². The minimum atomic E-state index is -4.71. The number of carbonyl (C=O) groups excluding carboxylic acids is 2. The van der Waals surface area contributed by atoms with Crippen molar-refractivity contribution in [3.63, 3.8) is 0 Å². The number of ether oxygens (including phenoxy) is 1. The maximum absolute atomic E-state index is 13.5. The summed E-state index contributed by atoms with van der Waals surface area (Å²) in [5.74, 6) is -0.566. The number of hydrogen-bond acceptors (Lipinski definition) is 7. The van der Waals surface area contributed by atoms with Crippen LogP contribution in [-0.4, -0.2) is 69.4 Å². The van der Waals surface area contributed by atoms with Crippen LogP contribution in [-0.2, 0) is 27.9 Å². The lowest BCUT2D eigenvalue weighted by atomic mass is 10.0. The van der Waals surface area contributed by atoms with Gasteiger partial charge in [-0.05, 0) is 76.7 Å². The molecule has 3 atom stereocenters. The van der Waals surface area contributed by atoms with Crippen molar-refractivity contribution in [1.29, 1.82) is 0 Å². The number of rotatable bonds is 63. The highest BCUT2D eigenvalue weighted by molar-refractivity contribution is 7.45. The number of nitrogens with one attached hydrogen (secondary N) is 1. The molecule has 0 heterocycles. The third-order valence-corrected chi connectivity index (χ3v) is 16.4. The summed E-state index contributed by atoms with van der Waals surface area (Å²) in [6, 6.07) is -0.905. The largest absolute Gasteiger partial charge is 0.756 e. The number of esters is 1. The van der Waals surface area contributed by atoms with Crippen molar-refractivity contribution in [2.45, 2.75) is 341 Å². The summed E-state index contributed by atoms with van der Waals surface area (Å²) < 4.78 is 30.4. The fourth-order valence-electron chi connectivity index (χ4n) is 10.1. The van der Waals surface area contributed by atoms with E-state index in [-0.39, 0.29) is 31.3 Å². The van der Waals surface area contributed by atoms with Gasteiger partial charge in [-0.2, -0.15) is 0 Å². The van der Waals surface area contributed by atoms with E-state index in [1.165, 1.54) is 212 Å². The summed E-state index contributed by atoms with van der Waals surface area (Å²) in [5.41, 5.74) is 0. The summed E-state index contributed by atoms with van der Waals surface area (Å²) in [7, 11) is 1.17. The molecule has 10 heteroatoms. The Morgan fingerprint density at radius 3 is 1.16 bits per heavy atom. The van der Waals surface area contributed by atoms with E-state index in [0.29, 0.717) is 17.4 Å². The molecule has 0 aromatic rings. The number of unbranched alkanes of at least 4 members (excludes halogenated alkanes) is 39. The van der Waals surface area contributed by atoms with Gasteiger partial charge < -0.3 is 28.5 Å². The highest BCUT2D eigenvalue weighted by atomic mass is 31.2. The first-order valence-electron chi connectivity index (χ1n) is 34.6. The highest BCUT2D eigenvalue weighted by Gasteiger charge is 2.27. The molecule has 1 N–H and O–H groups in total. The molecule has 0 saturated heterocycles. The number of phosphoric ester groups is 1. The summed E-state index contributed by atoms with van der Waals surface area (Å²) >= 11 is 0. The molecule has 0 fully saturated rings. The van der Waals surface area contributed by atoms with E-state index in [2.05, 4.69) is 74.7 Å². The van der Waals surface area contributed by atoms with E-state index in [4.69, 9.17) is 13.8 Å². The Morgan fingerprint density at radius 2 is 0.753 bits per heavy atom. The standard InChI is InChI=1S/C71H133N2O7P/c1-7-10-13-16-19-22-25-27-29-31-33-34-35-36-37-38-40-42-44-46-49-52-55-58-61-64-71(75)80-69(62-59-56-53-50-47-24-21-18-15-12-9-3)68(67-79-81(76,77)78-66-65-73(4,5)6)72-70(74)63-60-57-54-51-48-45-43-41-39-32-30-28-26-23-20-17-14-11-8-2/h20,23,28,30,39,41,45,48,59,62,68-69H,7-19,21-22,24-27,29,31-38,40,42-44,46-47,49-58,60-61,63-67H2,1-6H3,(H-,72,74,76,77)/b23-20-,30-28-,41-39-,48-45-,62-59-. The number of allylic oxidation sites excluding steroid dienone is 9. The van der Waals surface area contributed by atoms with Crippen LogP contribution in [0.2, 0.25) is 0 Å². The molecule has 9 nitrogen and oxygen atoms in total. The van der Waals surface area contributed by atoms with Gasteiger partial charge in [-0.1, -0.05) is 300 Å². The molecule has 0 aromatic heterocycles. The predicted molar refractivity (Wildman–Crippen MR) is 349 cm³/mol. The van der Waals surface area contributed by atoms with Gasteiger partial charge in [-0.3, -0.25) is 14.2 Å². The topological polar surface area (TPSA) is 114 Å². The minimum absolute atomic E-state index is 0.0287. The second-order valence-electron chi connectivity index (χ2n) is 24.7. The highest BCUT2D eigenvalue weighted by Crippen LogP contribution is 2.38. The van der Waals surface area contributed by atoms with Crippen LogP contribution in [0.1, 0.15) is 329 Å². The van der Waals surface area contributed by atoms with Gasteiger partial charge in [0, 0.05) is 12.8 Å². The maximum atomic E-state index is 13.5. The van der Waals surface area contributed by atoms with Crippen LogP contribution in [0.15, 0.2) is 60.8 Å². The Bertz CT molecular complexity index is 1570. The lowest BCUT2D eigenvalue weighted by Gasteiger charge is -2.30. The smallest absolute Gasteiger partial charge is 0.306 e. The Morgan fingerprint density at radius 1 is 0.432 bits per heavy atom. The summed E-state index contributed by atoms with van der Waals surface area (Å²) in [6.07, 6.45) is 77.8. The van der Waals surface area contributed by atoms with Crippen molar-refractivity contribution in [3.8, 4) is 0 Å². The molecule has 81 heavy (non-hydrogen) atoms. The van der Waals surface area contributed by atoms with Gasteiger partial charge in [0.2, 0.25) is 5.91 Å². The Hall–Kier alpha value is -2.29. The van der Waals surface area contributed by atoms with E-state index in [0.717, 1.165) is 77.0 Å². The molecule has 0 aliphatic rings.